The van der Waals surface area contributed by atoms with Gasteiger partial charge < -0.3 is 15.8 Å². The Morgan fingerprint density at radius 1 is 1.16 bits per heavy atom. The maximum atomic E-state index is 5.98. The molecule has 3 aromatic heterocycles. The molecule has 0 aliphatic heterocycles. The van der Waals surface area contributed by atoms with E-state index in [1.54, 1.807) is 32.9 Å². The summed E-state index contributed by atoms with van der Waals surface area (Å²) in [5.74, 6) is 1.50. The first-order valence-electron chi connectivity index (χ1n) is 10.1. The minimum absolute atomic E-state index is 0.629. The number of aliphatic imine (C=N–C) groups is 1. The number of hydrogen-bond acceptors (Lipinski definition) is 7. The zero-order valence-corrected chi connectivity index (χ0v) is 18.3. The molecule has 1 aromatic carbocycles. The average molecular weight is 428 g/mol. The van der Waals surface area contributed by atoms with E-state index in [1.807, 2.05) is 47.9 Å². The molecule has 0 aliphatic carbocycles. The van der Waals surface area contributed by atoms with Crippen molar-refractivity contribution in [2.45, 2.75) is 13.5 Å². The minimum Gasteiger partial charge on any atom is -0.497 e. The number of hydrogen-bond donors (Lipinski definition) is 2. The van der Waals surface area contributed by atoms with Crippen molar-refractivity contribution in [3.63, 3.8) is 0 Å². The van der Waals surface area contributed by atoms with Crippen LogP contribution in [0.1, 0.15) is 18.1 Å². The zero-order chi connectivity index (χ0) is 22.5. The number of ether oxygens (including phenoxy) is 1. The SMILES string of the molecule is CN=CC(=C(C)N)c1ccc(CNc2cc(-c3cnc4cc(OC)ccn34)ncn2)cc1. The van der Waals surface area contributed by atoms with Crippen LogP contribution < -0.4 is 15.8 Å². The van der Waals surface area contributed by atoms with E-state index < -0.39 is 0 Å². The summed E-state index contributed by atoms with van der Waals surface area (Å²) in [5.41, 5.74) is 12.3. The molecule has 4 aromatic rings. The summed E-state index contributed by atoms with van der Waals surface area (Å²) in [6, 6.07) is 13.9. The lowest BCUT2D eigenvalue weighted by molar-refractivity contribution is 0.414. The van der Waals surface area contributed by atoms with Gasteiger partial charge in [0.15, 0.2) is 0 Å². The normalized spacial score (nSPS) is 12.2. The van der Waals surface area contributed by atoms with Gasteiger partial charge in [0, 0.05) is 49.4 Å². The summed E-state index contributed by atoms with van der Waals surface area (Å²) in [6.45, 7) is 2.50. The van der Waals surface area contributed by atoms with Crippen LogP contribution in [0.3, 0.4) is 0 Å². The van der Waals surface area contributed by atoms with Gasteiger partial charge in [0.25, 0.3) is 0 Å². The highest BCUT2D eigenvalue weighted by atomic mass is 16.5. The van der Waals surface area contributed by atoms with Gasteiger partial charge in [-0.1, -0.05) is 24.3 Å². The Bertz CT molecular complexity index is 1290. The number of rotatable bonds is 7. The predicted molar refractivity (Wildman–Crippen MR) is 128 cm³/mol. The molecular weight excluding hydrogens is 402 g/mol. The van der Waals surface area contributed by atoms with Gasteiger partial charge in [0.05, 0.1) is 24.7 Å². The van der Waals surface area contributed by atoms with Gasteiger partial charge in [0.2, 0.25) is 0 Å². The van der Waals surface area contributed by atoms with E-state index in [1.165, 1.54) is 0 Å². The minimum atomic E-state index is 0.629. The number of aromatic nitrogens is 4. The van der Waals surface area contributed by atoms with Crippen LogP contribution in [0.4, 0.5) is 5.82 Å². The highest BCUT2D eigenvalue weighted by Crippen LogP contribution is 2.23. The number of allylic oxidation sites excluding steroid dienone is 2. The largest absolute Gasteiger partial charge is 0.497 e. The van der Waals surface area contributed by atoms with Gasteiger partial charge >= 0.3 is 0 Å². The number of pyridine rings is 1. The first-order valence-corrected chi connectivity index (χ1v) is 10.1. The second kappa shape index (κ2) is 9.30. The van der Waals surface area contributed by atoms with Crippen LogP contribution in [0.15, 0.2) is 71.9 Å². The van der Waals surface area contributed by atoms with E-state index in [-0.39, 0.29) is 0 Å². The van der Waals surface area contributed by atoms with Crippen LogP contribution in [0.25, 0.3) is 22.6 Å². The lowest BCUT2D eigenvalue weighted by Gasteiger charge is -2.09. The summed E-state index contributed by atoms with van der Waals surface area (Å²) in [5, 5.41) is 3.36. The molecule has 0 unspecified atom stereocenters. The molecule has 8 heteroatoms. The number of imidazole rings is 1. The van der Waals surface area contributed by atoms with Gasteiger partial charge in [-0.25, -0.2) is 15.0 Å². The Hall–Kier alpha value is -4.20. The second-order valence-corrected chi connectivity index (χ2v) is 7.26. The standard InChI is InChI=1S/C24H25N7O/c1-16(25)20(13-26-2)18-6-4-17(5-7-18)12-27-23-11-21(29-15-30-23)22-14-28-24-10-19(32-3)8-9-31(22)24/h4-11,13-15H,12,25H2,1-3H3,(H,27,29,30). The number of fused-ring (bicyclic) bond motifs is 1. The molecule has 0 spiro atoms. The number of benzene rings is 1. The summed E-state index contributed by atoms with van der Waals surface area (Å²) in [7, 11) is 3.38. The number of nitrogens with zero attached hydrogens (tertiary/aromatic N) is 5. The van der Waals surface area contributed by atoms with E-state index in [0.29, 0.717) is 6.54 Å². The fraction of sp³-hybridized carbons (Fsp3) is 0.167. The lowest BCUT2D eigenvalue weighted by atomic mass is 10.0. The molecule has 4 rings (SSSR count). The number of nitrogens with one attached hydrogen (secondary N) is 1. The monoisotopic (exact) mass is 427 g/mol. The van der Waals surface area contributed by atoms with Crippen molar-refractivity contribution >= 4 is 23.3 Å². The van der Waals surface area contributed by atoms with Crippen LogP contribution in [0.2, 0.25) is 0 Å². The first kappa shape index (κ1) is 21.0. The maximum absolute atomic E-state index is 5.98. The molecule has 32 heavy (non-hydrogen) atoms. The van der Waals surface area contributed by atoms with Crippen molar-refractivity contribution in [3.05, 3.63) is 78.0 Å². The van der Waals surface area contributed by atoms with Crippen LogP contribution >= 0.6 is 0 Å². The molecule has 0 bridgehead atoms. The molecular formula is C24H25N7O. The summed E-state index contributed by atoms with van der Waals surface area (Å²) in [4.78, 5) is 17.3. The molecule has 8 nitrogen and oxygen atoms in total. The second-order valence-electron chi connectivity index (χ2n) is 7.26. The molecule has 0 amide bonds. The van der Waals surface area contributed by atoms with Gasteiger partial charge in [-0.15, -0.1) is 0 Å². The molecule has 0 saturated carbocycles. The van der Waals surface area contributed by atoms with E-state index in [9.17, 15) is 0 Å². The van der Waals surface area contributed by atoms with Crippen molar-refractivity contribution in [1.82, 2.24) is 19.4 Å². The lowest BCUT2D eigenvalue weighted by Crippen LogP contribution is -2.03. The Kier molecular flexibility index (Phi) is 6.12. The molecule has 162 valence electrons. The van der Waals surface area contributed by atoms with Crippen LogP contribution in [-0.2, 0) is 6.54 Å². The van der Waals surface area contributed by atoms with E-state index in [2.05, 4.69) is 37.4 Å². The highest BCUT2D eigenvalue weighted by Gasteiger charge is 2.09. The zero-order valence-electron chi connectivity index (χ0n) is 18.3. The van der Waals surface area contributed by atoms with Crippen molar-refractivity contribution in [3.8, 4) is 17.1 Å². The Labute approximate surface area is 186 Å². The highest BCUT2D eigenvalue weighted by molar-refractivity contribution is 6.10. The van der Waals surface area contributed by atoms with E-state index in [0.717, 1.165) is 51.0 Å². The summed E-state index contributed by atoms with van der Waals surface area (Å²) < 4.78 is 7.24. The van der Waals surface area contributed by atoms with E-state index in [4.69, 9.17) is 10.5 Å². The van der Waals surface area contributed by atoms with Gasteiger partial charge in [0.1, 0.15) is 23.5 Å². The summed E-state index contributed by atoms with van der Waals surface area (Å²) in [6.07, 6.45) is 7.04. The maximum Gasteiger partial charge on any atom is 0.140 e. The molecule has 3 N–H and O–H groups in total. The third-order valence-electron chi connectivity index (χ3n) is 5.07. The predicted octanol–water partition coefficient (Wildman–Crippen LogP) is 3.80. The quantitative estimate of drug-likeness (QED) is 0.435. The molecule has 0 saturated heterocycles. The van der Waals surface area contributed by atoms with Crippen molar-refractivity contribution < 1.29 is 4.74 Å². The third-order valence-corrected chi connectivity index (χ3v) is 5.07. The van der Waals surface area contributed by atoms with Crippen molar-refractivity contribution in [2.75, 3.05) is 19.5 Å². The van der Waals surface area contributed by atoms with Crippen LogP contribution in [0.5, 0.6) is 5.75 Å². The molecule has 3 heterocycles. The smallest absolute Gasteiger partial charge is 0.140 e. The number of methoxy groups -OCH3 is 1. The molecule has 0 aliphatic rings. The van der Waals surface area contributed by atoms with Crippen LogP contribution in [0, 0.1) is 0 Å². The van der Waals surface area contributed by atoms with Crippen molar-refractivity contribution in [1.29, 1.82) is 0 Å². The fourth-order valence-corrected chi connectivity index (χ4v) is 3.40. The Morgan fingerprint density at radius 3 is 2.69 bits per heavy atom. The average Bonchev–Trinajstić information content (AvgIpc) is 3.25. The Morgan fingerprint density at radius 2 is 1.97 bits per heavy atom. The topological polar surface area (TPSA) is 103 Å². The van der Waals surface area contributed by atoms with Gasteiger partial charge in [-0.05, 0) is 24.1 Å². The fourth-order valence-electron chi connectivity index (χ4n) is 3.40. The molecule has 0 atom stereocenters. The van der Waals surface area contributed by atoms with E-state index >= 15 is 0 Å². The summed E-state index contributed by atoms with van der Waals surface area (Å²) >= 11 is 0. The number of nitrogens with two attached hydrogens (primary N) is 1. The number of anilines is 1. The van der Waals surface area contributed by atoms with Gasteiger partial charge in [-0.3, -0.25) is 9.39 Å². The first-order chi connectivity index (χ1) is 15.6. The molecule has 0 fully saturated rings. The van der Waals surface area contributed by atoms with Crippen molar-refractivity contribution in [2.24, 2.45) is 10.7 Å². The molecule has 0 radical (unpaired) electrons. The third kappa shape index (κ3) is 4.44. The van der Waals surface area contributed by atoms with Crippen LogP contribution in [-0.4, -0.2) is 39.7 Å². The van der Waals surface area contributed by atoms with Gasteiger partial charge in [-0.2, -0.15) is 0 Å². The Balaban J connectivity index is 1.50.